The zero-order valence-corrected chi connectivity index (χ0v) is 13.5. The number of amides is 1. The summed E-state index contributed by atoms with van der Waals surface area (Å²) in [5.74, 6) is 4.49. The minimum absolute atomic E-state index is 0.00567. The number of aliphatic hydroxyl groups excluding tert-OH is 2. The Hall–Kier alpha value is -2.45. The van der Waals surface area contributed by atoms with Crippen molar-refractivity contribution in [3.8, 4) is 11.8 Å². The number of aromatic nitrogens is 2. The van der Waals surface area contributed by atoms with Crippen molar-refractivity contribution >= 4 is 5.91 Å². The van der Waals surface area contributed by atoms with E-state index in [4.69, 9.17) is 14.6 Å². The van der Waals surface area contributed by atoms with Crippen molar-refractivity contribution in [2.45, 2.75) is 24.9 Å². The highest BCUT2D eigenvalue weighted by Crippen LogP contribution is 2.27. The van der Waals surface area contributed by atoms with Crippen molar-refractivity contribution in [2.75, 3.05) is 26.9 Å². The molecule has 1 aliphatic rings. The van der Waals surface area contributed by atoms with Gasteiger partial charge in [0.15, 0.2) is 0 Å². The highest BCUT2D eigenvalue weighted by Gasteiger charge is 2.35. The summed E-state index contributed by atoms with van der Waals surface area (Å²) in [6.45, 7) is -0.545. The zero-order valence-electron chi connectivity index (χ0n) is 13.5. The van der Waals surface area contributed by atoms with Crippen LogP contribution in [0.25, 0.3) is 0 Å². The number of nitrogens with zero attached hydrogens (tertiary/aromatic N) is 1. The first-order chi connectivity index (χ1) is 12.0. The quantitative estimate of drug-likeness (QED) is 0.422. The summed E-state index contributed by atoms with van der Waals surface area (Å²) in [4.78, 5) is 36.8. The maximum Gasteiger partial charge on any atom is 0.330 e. The number of methoxy groups -OCH3 is 1. The van der Waals surface area contributed by atoms with Crippen LogP contribution in [-0.4, -0.2) is 64.7 Å². The molecule has 10 nitrogen and oxygen atoms in total. The zero-order chi connectivity index (χ0) is 18.4. The Bertz CT molecular complexity index is 789. The van der Waals surface area contributed by atoms with Crippen molar-refractivity contribution in [1.29, 1.82) is 0 Å². The molecule has 0 aliphatic carbocycles. The second-order valence-corrected chi connectivity index (χ2v) is 5.33. The van der Waals surface area contributed by atoms with E-state index in [1.165, 1.54) is 13.3 Å². The lowest BCUT2D eigenvalue weighted by Crippen LogP contribution is -2.34. The van der Waals surface area contributed by atoms with Gasteiger partial charge in [-0.15, -0.1) is 0 Å². The molecule has 3 unspecified atom stereocenters. The smallest absolute Gasteiger partial charge is 0.330 e. The summed E-state index contributed by atoms with van der Waals surface area (Å²) < 4.78 is 11.7. The van der Waals surface area contributed by atoms with Crippen molar-refractivity contribution in [1.82, 2.24) is 14.9 Å². The van der Waals surface area contributed by atoms with Gasteiger partial charge in [-0.2, -0.15) is 0 Å². The van der Waals surface area contributed by atoms with Crippen LogP contribution in [0.1, 0.15) is 18.2 Å². The van der Waals surface area contributed by atoms with Gasteiger partial charge < -0.3 is 25.0 Å². The Morgan fingerprint density at radius 2 is 2.32 bits per heavy atom. The molecular formula is C15H19N3O7. The predicted octanol–water partition coefficient (Wildman–Crippen LogP) is -2.71. The Labute approximate surface area is 142 Å². The molecule has 1 fully saturated rings. The van der Waals surface area contributed by atoms with Crippen LogP contribution in [0, 0.1) is 11.8 Å². The molecule has 136 valence electrons. The molecule has 0 spiro atoms. The summed E-state index contributed by atoms with van der Waals surface area (Å²) in [5.41, 5.74) is -1.35. The van der Waals surface area contributed by atoms with E-state index in [1.54, 1.807) is 0 Å². The maximum absolute atomic E-state index is 12.0. The second kappa shape index (κ2) is 8.59. The van der Waals surface area contributed by atoms with E-state index in [0.717, 1.165) is 4.57 Å². The first-order valence-corrected chi connectivity index (χ1v) is 7.50. The van der Waals surface area contributed by atoms with E-state index in [0.29, 0.717) is 0 Å². The number of aliphatic hydroxyl groups is 2. The first kappa shape index (κ1) is 18.9. The number of H-pyrrole nitrogens is 1. The topological polar surface area (TPSA) is 143 Å². The number of carbonyl (C=O) groups excluding carboxylic acids is 1. The largest absolute Gasteiger partial charge is 0.390 e. The van der Waals surface area contributed by atoms with Gasteiger partial charge in [0.2, 0.25) is 5.91 Å². The third-order valence-electron chi connectivity index (χ3n) is 3.55. The van der Waals surface area contributed by atoms with Crippen LogP contribution in [0.15, 0.2) is 15.8 Å². The number of carbonyl (C=O) groups is 1. The highest BCUT2D eigenvalue weighted by atomic mass is 16.6. The van der Waals surface area contributed by atoms with Gasteiger partial charge in [-0.3, -0.25) is 19.1 Å². The number of rotatable bonds is 5. The molecule has 1 amide bonds. The number of ether oxygens (including phenoxy) is 2. The summed E-state index contributed by atoms with van der Waals surface area (Å²) in [7, 11) is 1.47. The van der Waals surface area contributed by atoms with Gasteiger partial charge in [0, 0.05) is 19.7 Å². The SMILES string of the molecule is COCC1OC(n2cc(C#CCNC(=O)CO)c(=O)[nH]c2=O)CC1O. The van der Waals surface area contributed by atoms with E-state index in [1.807, 2.05) is 0 Å². The van der Waals surface area contributed by atoms with Gasteiger partial charge in [-0.05, 0) is 0 Å². The van der Waals surface area contributed by atoms with E-state index >= 15 is 0 Å². The lowest BCUT2D eigenvalue weighted by molar-refractivity contribution is -0.123. The van der Waals surface area contributed by atoms with Crippen LogP contribution < -0.4 is 16.6 Å². The normalized spacial score (nSPS) is 22.3. The molecule has 0 saturated carbocycles. The fraction of sp³-hybridized carbons (Fsp3) is 0.533. The number of nitrogens with one attached hydrogen (secondary N) is 2. The Balaban J connectivity index is 2.18. The van der Waals surface area contributed by atoms with Gasteiger partial charge in [-0.1, -0.05) is 11.8 Å². The molecule has 0 bridgehead atoms. The molecule has 4 N–H and O–H groups in total. The molecule has 1 aromatic rings. The van der Waals surface area contributed by atoms with Crippen LogP contribution >= 0.6 is 0 Å². The molecule has 25 heavy (non-hydrogen) atoms. The molecule has 10 heteroatoms. The molecule has 0 radical (unpaired) electrons. The third-order valence-corrected chi connectivity index (χ3v) is 3.55. The van der Waals surface area contributed by atoms with Crippen LogP contribution in [0.3, 0.4) is 0 Å². The minimum atomic E-state index is -0.799. The highest BCUT2D eigenvalue weighted by molar-refractivity contribution is 5.77. The van der Waals surface area contributed by atoms with Gasteiger partial charge in [0.05, 0.1) is 19.3 Å². The Morgan fingerprint density at radius 3 is 3.00 bits per heavy atom. The number of hydrogen-bond donors (Lipinski definition) is 4. The second-order valence-electron chi connectivity index (χ2n) is 5.33. The van der Waals surface area contributed by atoms with Crippen molar-refractivity contribution in [2.24, 2.45) is 0 Å². The lowest BCUT2D eigenvalue weighted by atomic mass is 10.2. The molecular weight excluding hydrogens is 334 g/mol. The fourth-order valence-corrected chi connectivity index (χ4v) is 2.33. The predicted molar refractivity (Wildman–Crippen MR) is 84.7 cm³/mol. The Morgan fingerprint density at radius 1 is 1.56 bits per heavy atom. The van der Waals surface area contributed by atoms with Gasteiger partial charge in [0.1, 0.15) is 24.5 Å². The standard InChI is InChI=1S/C15H19N3O7/c1-24-8-11-10(20)5-13(25-11)18-6-9(14(22)17-15(18)23)3-2-4-16-12(21)7-19/h6,10-11,13,19-20H,4-5,7-8H2,1H3,(H,16,21)(H,17,22,23). The molecule has 1 aliphatic heterocycles. The summed E-state index contributed by atoms with van der Waals surface area (Å²) in [5, 5.41) is 20.8. The number of aromatic amines is 1. The summed E-state index contributed by atoms with van der Waals surface area (Å²) in [6.07, 6.45) is -0.716. The average Bonchev–Trinajstić information content (AvgIpc) is 2.94. The van der Waals surface area contributed by atoms with Crippen molar-refractivity contribution in [3.63, 3.8) is 0 Å². The van der Waals surface area contributed by atoms with Crippen LogP contribution in [0.5, 0.6) is 0 Å². The monoisotopic (exact) mass is 353 g/mol. The van der Waals surface area contributed by atoms with Crippen LogP contribution in [-0.2, 0) is 14.3 Å². The summed E-state index contributed by atoms with van der Waals surface area (Å²) in [6, 6.07) is 0. The van der Waals surface area contributed by atoms with Crippen molar-refractivity contribution < 1.29 is 24.5 Å². The van der Waals surface area contributed by atoms with E-state index < -0.39 is 42.2 Å². The van der Waals surface area contributed by atoms with E-state index in [-0.39, 0.29) is 25.1 Å². The van der Waals surface area contributed by atoms with E-state index in [9.17, 15) is 19.5 Å². The van der Waals surface area contributed by atoms with Crippen LogP contribution in [0.2, 0.25) is 0 Å². The first-order valence-electron chi connectivity index (χ1n) is 7.50. The van der Waals surface area contributed by atoms with Gasteiger partial charge in [-0.25, -0.2) is 4.79 Å². The van der Waals surface area contributed by atoms with E-state index in [2.05, 4.69) is 22.1 Å². The molecule has 2 heterocycles. The minimum Gasteiger partial charge on any atom is -0.390 e. The number of hydrogen-bond acceptors (Lipinski definition) is 7. The fourth-order valence-electron chi connectivity index (χ4n) is 2.33. The average molecular weight is 353 g/mol. The summed E-state index contributed by atoms with van der Waals surface area (Å²) >= 11 is 0. The molecule has 2 rings (SSSR count). The molecule has 3 atom stereocenters. The Kier molecular flexibility index (Phi) is 6.49. The molecule has 1 aromatic heterocycles. The van der Waals surface area contributed by atoms with Gasteiger partial charge >= 0.3 is 5.69 Å². The van der Waals surface area contributed by atoms with Gasteiger partial charge in [0.25, 0.3) is 5.56 Å². The third kappa shape index (κ3) is 4.77. The maximum atomic E-state index is 12.0. The lowest BCUT2D eigenvalue weighted by Gasteiger charge is -2.15. The molecule has 0 aromatic carbocycles. The van der Waals surface area contributed by atoms with Crippen molar-refractivity contribution in [3.05, 3.63) is 32.6 Å². The van der Waals surface area contributed by atoms with Crippen LogP contribution in [0.4, 0.5) is 0 Å². The molecule has 1 saturated heterocycles.